The lowest BCUT2D eigenvalue weighted by Crippen LogP contribution is -2.27. The van der Waals surface area contributed by atoms with Crippen molar-refractivity contribution in [3.8, 4) is 34.0 Å². The first kappa shape index (κ1) is 26.2. The van der Waals surface area contributed by atoms with Gasteiger partial charge in [0.1, 0.15) is 17.4 Å². The summed E-state index contributed by atoms with van der Waals surface area (Å²) in [6.07, 6.45) is -0.695. The van der Waals surface area contributed by atoms with Crippen molar-refractivity contribution in [1.29, 1.82) is 0 Å². The minimum atomic E-state index is -4.61. The minimum Gasteiger partial charge on any atom is -0.435 e. The number of aromatic nitrogens is 4. The Kier molecular flexibility index (Phi) is 6.89. The van der Waals surface area contributed by atoms with Crippen LogP contribution in [-0.2, 0) is 19.8 Å². The number of hydrogen-bond donors (Lipinski definition) is 2. The number of benzene rings is 3. The molecule has 0 aliphatic heterocycles. The van der Waals surface area contributed by atoms with Crippen LogP contribution in [0.3, 0.4) is 0 Å². The van der Waals surface area contributed by atoms with Gasteiger partial charge in [-0.2, -0.15) is 13.2 Å². The van der Waals surface area contributed by atoms with E-state index in [1.807, 2.05) is 54.1 Å². The monoisotopic (exact) mass is 547 g/mol. The average Bonchev–Trinajstić information content (AvgIpc) is 3.67. The van der Waals surface area contributed by atoms with Gasteiger partial charge in [-0.1, -0.05) is 42.8 Å². The van der Waals surface area contributed by atoms with E-state index in [2.05, 4.69) is 20.5 Å². The second-order valence-corrected chi connectivity index (χ2v) is 10.3. The topological polar surface area (TPSA) is 89.0 Å². The van der Waals surface area contributed by atoms with Crippen molar-refractivity contribution in [2.45, 2.75) is 38.1 Å². The van der Waals surface area contributed by atoms with Crippen LogP contribution in [-0.4, -0.2) is 37.5 Å². The van der Waals surface area contributed by atoms with Crippen LogP contribution in [0.15, 0.2) is 71.4 Å². The standard InChI is InChI=1S/C30H28F3N5O2/c1-38-17-35-37-28(38)23-10-3-2-9-22(23)19-6-4-7-20(14-19)29-36-25-13-18(12-24(27(25)40-29)30(31,32)33)15-34-16-21-8-5-11-26(21)39/h2-4,6-7,9-10,12-14,17,21,26,34,39H,5,8,11,15-16H2,1H3/t21-,26-/m0/s1. The molecule has 3 aromatic carbocycles. The number of nitrogens with zero attached hydrogens (tertiary/aromatic N) is 4. The van der Waals surface area contributed by atoms with Crippen molar-refractivity contribution < 1.29 is 22.7 Å². The number of nitrogens with one attached hydrogen (secondary N) is 1. The van der Waals surface area contributed by atoms with Crippen molar-refractivity contribution >= 4 is 11.1 Å². The smallest absolute Gasteiger partial charge is 0.420 e. The quantitative estimate of drug-likeness (QED) is 0.251. The minimum absolute atomic E-state index is 0.109. The molecule has 2 aromatic heterocycles. The molecule has 6 rings (SSSR count). The molecular weight excluding hydrogens is 519 g/mol. The van der Waals surface area contributed by atoms with Crippen LogP contribution in [0.4, 0.5) is 13.2 Å². The van der Waals surface area contributed by atoms with E-state index in [1.54, 1.807) is 18.5 Å². The number of aliphatic hydroxyl groups excluding tert-OH is 1. The lowest BCUT2D eigenvalue weighted by Gasteiger charge is -2.15. The van der Waals surface area contributed by atoms with Gasteiger partial charge in [-0.3, -0.25) is 0 Å². The van der Waals surface area contributed by atoms with Gasteiger partial charge in [0.2, 0.25) is 5.89 Å². The Morgan fingerprint density at radius 2 is 1.82 bits per heavy atom. The Hall–Kier alpha value is -4.02. The highest BCUT2D eigenvalue weighted by atomic mass is 19.4. The van der Waals surface area contributed by atoms with E-state index in [0.717, 1.165) is 42.0 Å². The molecule has 0 saturated heterocycles. The summed E-state index contributed by atoms with van der Waals surface area (Å²) in [5, 5.41) is 21.5. The highest BCUT2D eigenvalue weighted by Gasteiger charge is 2.35. The van der Waals surface area contributed by atoms with Crippen molar-refractivity contribution in [3.05, 3.63) is 78.1 Å². The second-order valence-electron chi connectivity index (χ2n) is 10.3. The number of fused-ring (bicyclic) bond motifs is 1. The van der Waals surface area contributed by atoms with Crippen LogP contribution >= 0.6 is 0 Å². The van der Waals surface area contributed by atoms with E-state index in [-0.39, 0.29) is 35.6 Å². The fraction of sp³-hybridized carbons (Fsp3) is 0.300. The van der Waals surface area contributed by atoms with Crippen molar-refractivity contribution in [1.82, 2.24) is 25.1 Å². The molecule has 1 aliphatic rings. The zero-order valence-corrected chi connectivity index (χ0v) is 21.8. The van der Waals surface area contributed by atoms with Crippen LogP contribution in [0.2, 0.25) is 0 Å². The Labute approximate surface area is 228 Å². The third-order valence-electron chi connectivity index (χ3n) is 7.51. The number of halogens is 3. The molecule has 0 radical (unpaired) electrons. The van der Waals surface area contributed by atoms with Gasteiger partial charge in [0, 0.05) is 31.3 Å². The van der Waals surface area contributed by atoms with E-state index in [1.165, 1.54) is 0 Å². The van der Waals surface area contributed by atoms with Gasteiger partial charge < -0.3 is 19.4 Å². The number of hydrogen-bond acceptors (Lipinski definition) is 6. The lowest BCUT2D eigenvalue weighted by molar-refractivity contribution is -0.136. The molecule has 0 unspecified atom stereocenters. The highest BCUT2D eigenvalue weighted by Crippen LogP contribution is 2.39. The molecule has 7 nitrogen and oxygen atoms in total. The largest absolute Gasteiger partial charge is 0.435 e. The molecule has 2 atom stereocenters. The first-order valence-corrected chi connectivity index (χ1v) is 13.2. The molecule has 2 heterocycles. The van der Waals surface area contributed by atoms with Gasteiger partial charge in [0.05, 0.1) is 6.10 Å². The normalized spacial score (nSPS) is 17.6. The van der Waals surface area contributed by atoms with E-state index < -0.39 is 11.7 Å². The van der Waals surface area contributed by atoms with Gasteiger partial charge in [-0.25, -0.2) is 4.98 Å². The van der Waals surface area contributed by atoms with Crippen LogP contribution in [0.5, 0.6) is 0 Å². The maximum Gasteiger partial charge on any atom is 0.420 e. The third kappa shape index (κ3) is 5.12. The fourth-order valence-corrected chi connectivity index (χ4v) is 5.46. The molecule has 40 heavy (non-hydrogen) atoms. The summed E-state index contributed by atoms with van der Waals surface area (Å²) in [7, 11) is 1.86. The zero-order chi connectivity index (χ0) is 27.9. The van der Waals surface area contributed by atoms with E-state index in [9.17, 15) is 18.3 Å². The van der Waals surface area contributed by atoms with E-state index >= 15 is 0 Å². The Balaban J connectivity index is 1.34. The SMILES string of the molecule is Cn1cnnc1-c1ccccc1-c1cccc(-c2nc3cc(CNC[C@@H]4CCC[C@@H]4O)cc(C(F)(F)F)c3o2)c1. The number of oxazole rings is 1. The summed E-state index contributed by atoms with van der Waals surface area (Å²) in [6, 6.07) is 17.8. The maximum absolute atomic E-state index is 14.1. The predicted octanol–water partition coefficient (Wildman–Crippen LogP) is 6.23. The summed E-state index contributed by atoms with van der Waals surface area (Å²) in [4.78, 5) is 4.48. The Bertz CT molecular complexity index is 1660. The highest BCUT2D eigenvalue weighted by molar-refractivity contribution is 5.84. The summed E-state index contributed by atoms with van der Waals surface area (Å²) in [6.45, 7) is 0.784. The van der Waals surface area contributed by atoms with Crippen LogP contribution in [0.1, 0.15) is 30.4 Å². The number of alkyl halides is 3. The van der Waals surface area contributed by atoms with Gasteiger partial charge >= 0.3 is 6.18 Å². The van der Waals surface area contributed by atoms with Gasteiger partial charge in [-0.05, 0) is 59.7 Å². The van der Waals surface area contributed by atoms with Gasteiger partial charge in [0.15, 0.2) is 11.4 Å². The van der Waals surface area contributed by atoms with Crippen LogP contribution < -0.4 is 5.32 Å². The van der Waals surface area contributed by atoms with Crippen molar-refractivity contribution in [2.24, 2.45) is 13.0 Å². The molecule has 0 amide bonds. The zero-order valence-electron chi connectivity index (χ0n) is 21.8. The lowest BCUT2D eigenvalue weighted by atomic mass is 9.97. The summed E-state index contributed by atoms with van der Waals surface area (Å²) >= 11 is 0. The Morgan fingerprint density at radius 3 is 2.55 bits per heavy atom. The first-order chi connectivity index (χ1) is 19.3. The maximum atomic E-state index is 14.1. The van der Waals surface area contributed by atoms with Crippen molar-refractivity contribution in [2.75, 3.05) is 6.54 Å². The number of aliphatic hydroxyl groups is 1. The molecule has 1 saturated carbocycles. The van der Waals surface area contributed by atoms with Crippen LogP contribution in [0.25, 0.3) is 45.1 Å². The molecular formula is C30H28F3N5O2. The predicted molar refractivity (Wildman–Crippen MR) is 145 cm³/mol. The molecule has 2 N–H and O–H groups in total. The molecule has 206 valence electrons. The summed E-state index contributed by atoms with van der Waals surface area (Å²) in [5.41, 5.74) is 2.63. The molecule has 5 aromatic rings. The van der Waals surface area contributed by atoms with E-state index in [0.29, 0.717) is 23.5 Å². The van der Waals surface area contributed by atoms with Gasteiger partial charge in [0.25, 0.3) is 0 Å². The fourth-order valence-electron chi connectivity index (χ4n) is 5.46. The third-order valence-corrected chi connectivity index (χ3v) is 7.51. The average molecular weight is 548 g/mol. The van der Waals surface area contributed by atoms with E-state index in [4.69, 9.17) is 4.42 Å². The van der Waals surface area contributed by atoms with Crippen LogP contribution in [0, 0.1) is 5.92 Å². The Morgan fingerprint density at radius 1 is 1.02 bits per heavy atom. The molecule has 0 spiro atoms. The molecule has 1 fully saturated rings. The first-order valence-electron chi connectivity index (χ1n) is 13.2. The summed E-state index contributed by atoms with van der Waals surface area (Å²) in [5.74, 6) is 0.925. The summed E-state index contributed by atoms with van der Waals surface area (Å²) < 4.78 is 49.8. The molecule has 1 aliphatic carbocycles. The number of rotatable bonds is 7. The molecule has 10 heteroatoms. The number of aryl methyl sites for hydroxylation is 1. The van der Waals surface area contributed by atoms with Crippen molar-refractivity contribution in [3.63, 3.8) is 0 Å². The van der Waals surface area contributed by atoms with Gasteiger partial charge in [-0.15, -0.1) is 10.2 Å². The second kappa shape index (κ2) is 10.5. The molecule has 0 bridgehead atoms.